The Morgan fingerprint density at radius 3 is 2.93 bits per heavy atom. The van der Waals surface area contributed by atoms with Crippen molar-refractivity contribution in [3.63, 3.8) is 0 Å². The number of anilines is 1. The second kappa shape index (κ2) is 6.87. The largest absolute Gasteiger partial charge is 0.473 e. The van der Waals surface area contributed by atoms with Gasteiger partial charge in [-0.2, -0.15) is 0 Å². The summed E-state index contributed by atoms with van der Waals surface area (Å²) in [6.07, 6.45) is 5.59. The molecule has 1 aromatic carbocycles. The highest BCUT2D eigenvalue weighted by Crippen LogP contribution is 2.36. The van der Waals surface area contributed by atoms with Crippen molar-refractivity contribution >= 4 is 22.8 Å². The van der Waals surface area contributed by atoms with Gasteiger partial charge < -0.3 is 9.64 Å². The van der Waals surface area contributed by atoms with Crippen LogP contribution in [0.2, 0.25) is 0 Å². The Kier molecular flexibility index (Phi) is 4.20. The second-order valence-corrected chi connectivity index (χ2v) is 7.70. The minimum absolute atomic E-state index is 0.121. The van der Waals surface area contributed by atoms with Gasteiger partial charge in [-0.15, -0.1) is 5.10 Å². The van der Waals surface area contributed by atoms with Crippen LogP contribution in [0.4, 0.5) is 10.2 Å². The molecule has 8 heteroatoms. The number of halogens is 1. The average Bonchev–Trinajstić information content (AvgIpc) is 3.45. The fourth-order valence-corrected chi connectivity index (χ4v) is 4.48. The zero-order chi connectivity index (χ0) is 19.1. The molecule has 0 radical (unpaired) electrons. The highest BCUT2D eigenvalue weighted by atomic mass is 32.1. The zero-order valence-corrected chi connectivity index (χ0v) is 16.1. The van der Waals surface area contributed by atoms with Gasteiger partial charge in [0.15, 0.2) is 5.65 Å². The van der Waals surface area contributed by atoms with E-state index in [2.05, 4.69) is 14.9 Å². The monoisotopic (exact) mass is 395 g/mol. The summed E-state index contributed by atoms with van der Waals surface area (Å²) in [7, 11) is 1.60. The van der Waals surface area contributed by atoms with Crippen LogP contribution in [-0.2, 0) is 0 Å². The van der Waals surface area contributed by atoms with Gasteiger partial charge in [0.25, 0.3) is 5.19 Å². The number of nitrogens with zero attached hydrogens (tertiary/aromatic N) is 5. The molecule has 1 atom stereocenters. The molecule has 5 rings (SSSR count). The standard InChI is InChI=1S/C20H18FN5OS/c1-27-20-23-12-17(28-20)16-11-22-18-7-8-19(24-26(16)18)25-9-3-6-15(25)13-4-2-5-14(21)10-13/h2,4-5,7-8,10-12,15H,3,6,9H2,1H3. The summed E-state index contributed by atoms with van der Waals surface area (Å²) in [5, 5.41) is 5.45. The molecule has 4 heterocycles. The summed E-state index contributed by atoms with van der Waals surface area (Å²) in [6, 6.07) is 10.9. The topological polar surface area (TPSA) is 55.6 Å². The molecule has 28 heavy (non-hydrogen) atoms. The third kappa shape index (κ3) is 2.90. The second-order valence-electron chi connectivity index (χ2n) is 6.71. The highest BCUT2D eigenvalue weighted by molar-refractivity contribution is 7.16. The number of imidazole rings is 1. The van der Waals surface area contributed by atoms with Crippen LogP contribution in [-0.4, -0.2) is 33.2 Å². The van der Waals surface area contributed by atoms with Crippen LogP contribution < -0.4 is 9.64 Å². The predicted molar refractivity (Wildman–Crippen MR) is 106 cm³/mol. The van der Waals surface area contributed by atoms with E-state index in [1.165, 1.54) is 17.4 Å². The minimum atomic E-state index is -0.205. The Morgan fingerprint density at radius 1 is 1.18 bits per heavy atom. The molecule has 1 fully saturated rings. The Hall–Kier alpha value is -3.00. The highest BCUT2D eigenvalue weighted by Gasteiger charge is 2.28. The Morgan fingerprint density at radius 2 is 2.11 bits per heavy atom. The van der Waals surface area contributed by atoms with Crippen LogP contribution in [0.15, 0.2) is 48.8 Å². The van der Waals surface area contributed by atoms with Crippen molar-refractivity contribution in [2.75, 3.05) is 18.6 Å². The van der Waals surface area contributed by atoms with Crippen LogP contribution >= 0.6 is 11.3 Å². The molecular weight excluding hydrogens is 377 g/mol. The molecule has 1 aliphatic heterocycles. The molecule has 1 saturated heterocycles. The molecule has 1 aliphatic rings. The van der Waals surface area contributed by atoms with E-state index in [1.54, 1.807) is 31.6 Å². The van der Waals surface area contributed by atoms with E-state index in [0.29, 0.717) is 5.19 Å². The minimum Gasteiger partial charge on any atom is -0.473 e. The van der Waals surface area contributed by atoms with Gasteiger partial charge in [0.1, 0.15) is 17.3 Å². The molecule has 0 spiro atoms. The zero-order valence-electron chi connectivity index (χ0n) is 15.2. The first kappa shape index (κ1) is 17.1. The number of hydrogen-bond acceptors (Lipinski definition) is 6. The quantitative estimate of drug-likeness (QED) is 0.514. The van der Waals surface area contributed by atoms with Crippen molar-refractivity contribution in [2.24, 2.45) is 0 Å². The SMILES string of the molecule is COc1ncc(-c2cnc3ccc(N4CCCC4c4cccc(F)c4)nn23)s1. The first-order chi connectivity index (χ1) is 13.7. The fourth-order valence-electron chi connectivity index (χ4n) is 3.76. The summed E-state index contributed by atoms with van der Waals surface area (Å²) in [6.45, 7) is 0.887. The number of methoxy groups -OCH3 is 1. The Balaban J connectivity index is 1.54. The van der Waals surface area contributed by atoms with E-state index in [-0.39, 0.29) is 11.9 Å². The molecule has 142 valence electrons. The number of benzene rings is 1. The van der Waals surface area contributed by atoms with Crippen LogP contribution in [0.5, 0.6) is 5.19 Å². The van der Waals surface area contributed by atoms with Gasteiger partial charge >= 0.3 is 0 Å². The summed E-state index contributed by atoms with van der Waals surface area (Å²) in [5.41, 5.74) is 2.63. The third-order valence-corrected chi connectivity index (χ3v) is 6.02. The molecule has 0 N–H and O–H groups in total. The van der Waals surface area contributed by atoms with E-state index in [9.17, 15) is 4.39 Å². The number of hydrogen-bond donors (Lipinski definition) is 0. The summed E-state index contributed by atoms with van der Waals surface area (Å²) in [4.78, 5) is 11.9. The third-order valence-electron chi connectivity index (χ3n) is 5.04. The van der Waals surface area contributed by atoms with Gasteiger partial charge in [0.05, 0.1) is 30.4 Å². The summed E-state index contributed by atoms with van der Waals surface area (Å²) >= 11 is 1.45. The number of thiazole rings is 1. The molecular formula is C20H18FN5OS. The average molecular weight is 395 g/mol. The lowest BCUT2D eigenvalue weighted by Gasteiger charge is -2.26. The molecule has 0 bridgehead atoms. The lowest BCUT2D eigenvalue weighted by molar-refractivity contribution is 0.412. The van der Waals surface area contributed by atoms with E-state index >= 15 is 0 Å². The molecule has 6 nitrogen and oxygen atoms in total. The van der Waals surface area contributed by atoms with Crippen molar-refractivity contribution in [1.29, 1.82) is 0 Å². The van der Waals surface area contributed by atoms with Gasteiger partial charge in [-0.05, 0) is 42.7 Å². The van der Waals surface area contributed by atoms with Crippen LogP contribution in [0, 0.1) is 5.82 Å². The molecule has 0 saturated carbocycles. The maximum Gasteiger partial charge on any atom is 0.273 e. The predicted octanol–water partition coefficient (Wildman–Crippen LogP) is 4.34. The Bertz CT molecular complexity index is 1140. The number of rotatable bonds is 4. The van der Waals surface area contributed by atoms with E-state index in [4.69, 9.17) is 9.84 Å². The first-order valence-electron chi connectivity index (χ1n) is 9.10. The molecule has 3 aromatic heterocycles. The summed E-state index contributed by atoms with van der Waals surface area (Å²) < 4.78 is 20.8. The van der Waals surface area contributed by atoms with Crippen molar-refractivity contribution in [1.82, 2.24) is 19.6 Å². The van der Waals surface area contributed by atoms with Crippen molar-refractivity contribution in [3.05, 3.63) is 60.2 Å². The van der Waals surface area contributed by atoms with E-state index in [1.807, 2.05) is 22.7 Å². The van der Waals surface area contributed by atoms with E-state index < -0.39 is 0 Å². The van der Waals surface area contributed by atoms with Crippen molar-refractivity contribution in [3.8, 4) is 15.8 Å². The van der Waals surface area contributed by atoms with Crippen molar-refractivity contribution in [2.45, 2.75) is 18.9 Å². The number of aromatic nitrogens is 4. The smallest absolute Gasteiger partial charge is 0.273 e. The van der Waals surface area contributed by atoms with Crippen molar-refractivity contribution < 1.29 is 9.13 Å². The van der Waals surface area contributed by atoms with E-state index in [0.717, 1.165) is 47.0 Å². The lowest BCUT2D eigenvalue weighted by Crippen LogP contribution is -2.24. The maximum atomic E-state index is 13.7. The van der Waals surface area contributed by atoms with Crippen LogP contribution in [0.25, 0.3) is 16.2 Å². The van der Waals surface area contributed by atoms with Gasteiger partial charge in [-0.1, -0.05) is 23.5 Å². The summed E-state index contributed by atoms with van der Waals surface area (Å²) in [5.74, 6) is 0.652. The maximum absolute atomic E-state index is 13.7. The molecule has 1 unspecified atom stereocenters. The molecule has 0 aliphatic carbocycles. The lowest BCUT2D eigenvalue weighted by atomic mass is 10.0. The van der Waals surface area contributed by atoms with Gasteiger partial charge in [-0.25, -0.2) is 18.9 Å². The molecule has 0 amide bonds. The Labute approximate surface area is 165 Å². The normalized spacial score (nSPS) is 16.8. The number of fused-ring (bicyclic) bond motifs is 1. The van der Waals surface area contributed by atoms with Gasteiger partial charge in [-0.3, -0.25) is 0 Å². The van der Waals surface area contributed by atoms with Crippen LogP contribution in [0.3, 0.4) is 0 Å². The number of ether oxygens (including phenoxy) is 1. The molecule has 4 aromatic rings. The van der Waals surface area contributed by atoms with Crippen LogP contribution in [0.1, 0.15) is 24.4 Å². The fraction of sp³-hybridized carbons (Fsp3) is 0.250. The van der Waals surface area contributed by atoms with Gasteiger partial charge in [0.2, 0.25) is 0 Å². The first-order valence-corrected chi connectivity index (χ1v) is 9.91. The van der Waals surface area contributed by atoms with Gasteiger partial charge in [0, 0.05) is 6.54 Å².